The largest absolute Gasteiger partial charge is 0.228 e. The highest BCUT2D eigenvalue weighted by atomic mass is 14.9. The van der Waals surface area contributed by atoms with Gasteiger partial charge >= 0.3 is 0 Å². The summed E-state index contributed by atoms with van der Waals surface area (Å²) >= 11 is 0. The molecule has 0 radical (unpaired) electrons. The standard InChI is InChI=1S/C63H52N4/c1-3-17-45(18-4-2)47-25-29-51(30-26-47)59-43-57(49-21-11-6-12-22-49)64-61(66-59)53-33-37-55(38-34-53)63(41-15-8-16-42-63)56-39-35-54(36-40-56)62-65-58(50-23-13-7-14-24-50)44-60(67-62)52-31-27-48(28-32-52)46-19-9-5-10-20-46/h3-7,9-14,17-40,43-44H,1,8,15-16,41-42H2,2H3/b18-4-,45-17+. The second-order valence-corrected chi connectivity index (χ2v) is 17.3. The molecule has 0 N–H and O–H groups in total. The lowest BCUT2D eigenvalue weighted by molar-refractivity contribution is 0.346. The second-order valence-electron chi connectivity index (χ2n) is 17.3. The summed E-state index contributed by atoms with van der Waals surface area (Å²) in [5, 5.41) is 0. The summed E-state index contributed by atoms with van der Waals surface area (Å²) in [5.41, 5.74) is 16.9. The van der Waals surface area contributed by atoms with Crippen LogP contribution in [0.4, 0.5) is 0 Å². The molecular weight excluding hydrogens is 813 g/mol. The van der Waals surface area contributed by atoms with Crippen molar-refractivity contribution in [3.63, 3.8) is 0 Å². The summed E-state index contributed by atoms with van der Waals surface area (Å²) in [6.07, 6.45) is 13.8. The van der Waals surface area contributed by atoms with Crippen molar-refractivity contribution >= 4 is 5.57 Å². The number of nitrogens with zero attached hydrogens (tertiary/aromatic N) is 4. The van der Waals surface area contributed by atoms with Crippen molar-refractivity contribution in [3.8, 4) is 78.9 Å². The number of benzene rings is 7. The molecule has 9 aromatic rings. The highest BCUT2D eigenvalue weighted by Crippen LogP contribution is 2.46. The zero-order valence-electron chi connectivity index (χ0n) is 37.9. The van der Waals surface area contributed by atoms with Crippen molar-refractivity contribution < 1.29 is 0 Å². The fraction of sp³-hybridized carbons (Fsp3) is 0.111. The first-order valence-electron chi connectivity index (χ1n) is 23.4. The summed E-state index contributed by atoms with van der Waals surface area (Å²) in [5.74, 6) is 1.42. The first-order chi connectivity index (χ1) is 33.1. The lowest BCUT2D eigenvalue weighted by Crippen LogP contribution is -2.30. The molecule has 0 spiro atoms. The van der Waals surface area contributed by atoms with Gasteiger partial charge < -0.3 is 0 Å². The van der Waals surface area contributed by atoms with Crippen LogP contribution in [0.3, 0.4) is 0 Å². The minimum Gasteiger partial charge on any atom is -0.228 e. The molecule has 0 bridgehead atoms. The fourth-order valence-corrected chi connectivity index (χ4v) is 9.59. The summed E-state index contributed by atoms with van der Waals surface area (Å²) in [7, 11) is 0. The van der Waals surface area contributed by atoms with E-state index in [4.69, 9.17) is 19.9 Å². The molecule has 1 aliphatic carbocycles. The van der Waals surface area contributed by atoms with E-state index in [-0.39, 0.29) is 5.41 Å². The third-order valence-electron chi connectivity index (χ3n) is 13.1. The van der Waals surface area contributed by atoms with Gasteiger partial charge in [-0.15, -0.1) is 0 Å². The molecule has 1 aliphatic rings. The molecule has 7 aromatic carbocycles. The summed E-state index contributed by atoms with van der Waals surface area (Å²) in [4.78, 5) is 20.7. The van der Waals surface area contributed by atoms with Crippen LogP contribution in [-0.4, -0.2) is 19.9 Å². The van der Waals surface area contributed by atoms with Crippen molar-refractivity contribution in [1.82, 2.24) is 19.9 Å². The lowest BCUT2D eigenvalue weighted by atomic mass is 9.65. The Morgan fingerprint density at radius 3 is 1.19 bits per heavy atom. The van der Waals surface area contributed by atoms with Gasteiger partial charge in [-0.1, -0.05) is 238 Å². The van der Waals surface area contributed by atoms with E-state index in [1.54, 1.807) is 0 Å². The van der Waals surface area contributed by atoms with Crippen LogP contribution in [-0.2, 0) is 5.41 Å². The molecular formula is C63H52N4. The molecule has 4 nitrogen and oxygen atoms in total. The van der Waals surface area contributed by atoms with Crippen LogP contribution < -0.4 is 0 Å². The third-order valence-corrected chi connectivity index (χ3v) is 13.1. The Hall–Kier alpha value is -8.08. The van der Waals surface area contributed by atoms with Crippen LogP contribution in [0.2, 0.25) is 0 Å². The van der Waals surface area contributed by atoms with Gasteiger partial charge in [0.2, 0.25) is 0 Å². The van der Waals surface area contributed by atoms with Crippen LogP contribution in [0.25, 0.3) is 84.5 Å². The smallest absolute Gasteiger partial charge is 0.160 e. The van der Waals surface area contributed by atoms with Crippen molar-refractivity contribution in [2.75, 3.05) is 0 Å². The molecule has 0 atom stereocenters. The fourth-order valence-electron chi connectivity index (χ4n) is 9.59. The molecule has 4 heteroatoms. The van der Waals surface area contributed by atoms with Crippen molar-refractivity contribution in [3.05, 3.63) is 248 Å². The highest BCUT2D eigenvalue weighted by Gasteiger charge is 2.36. The molecule has 2 heterocycles. The number of aromatic nitrogens is 4. The van der Waals surface area contributed by atoms with Crippen LogP contribution >= 0.6 is 0 Å². The molecule has 0 unspecified atom stereocenters. The third kappa shape index (κ3) is 9.25. The van der Waals surface area contributed by atoms with Gasteiger partial charge in [-0.2, -0.15) is 0 Å². The molecule has 10 rings (SSSR count). The molecule has 2 aromatic heterocycles. The Kier molecular flexibility index (Phi) is 12.5. The van der Waals surface area contributed by atoms with Crippen LogP contribution in [0, 0.1) is 0 Å². The van der Waals surface area contributed by atoms with E-state index in [1.807, 2.05) is 43.4 Å². The maximum atomic E-state index is 5.20. The Bertz CT molecular complexity index is 3170. The Balaban J connectivity index is 0.977. The zero-order chi connectivity index (χ0) is 45.4. The minimum absolute atomic E-state index is 0.112. The quantitative estimate of drug-likeness (QED) is 0.115. The predicted octanol–water partition coefficient (Wildman–Crippen LogP) is 16.3. The van der Waals surface area contributed by atoms with Gasteiger partial charge in [0.05, 0.1) is 22.8 Å². The van der Waals surface area contributed by atoms with Crippen LogP contribution in [0.1, 0.15) is 55.7 Å². The molecule has 324 valence electrons. The first-order valence-corrected chi connectivity index (χ1v) is 23.4. The van der Waals surface area contributed by atoms with Gasteiger partial charge in [-0.25, -0.2) is 19.9 Å². The average molecular weight is 865 g/mol. The lowest BCUT2D eigenvalue weighted by Gasteiger charge is -2.39. The summed E-state index contributed by atoms with van der Waals surface area (Å²) < 4.78 is 0. The van der Waals surface area contributed by atoms with Gasteiger partial charge in [0, 0.05) is 38.8 Å². The molecule has 1 saturated carbocycles. The molecule has 67 heavy (non-hydrogen) atoms. The van der Waals surface area contributed by atoms with Crippen molar-refractivity contribution in [2.45, 2.75) is 44.4 Å². The van der Waals surface area contributed by atoms with E-state index < -0.39 is 0 Å². The van der Waals surface area contributed by atoms with E-state index in [0.29, 0.717) is 11.6 Å². The zero-order valence-corrected chi connectivity index (χ0v) is 37.9. The molecule has 0 aliphatic heterocycles. The topological polar surface area (TPSA) is 51.6 Å². The van der Waals surface area contributed by atoms with E-state index >= 15 is 0 Å². The van der Waals surface area contributed by atoms with Gasteiger partial charge in [0.15, 0.2) is 11.6 Å². The van der Waals surface area contributed by atoms with Gasteiger partial charge in [0.25, 0.3) is 0 Å². The monoisotopic (exact) mass is 864 g/mol. The Morgan fingerprint density at radius 1 is 0.418 bits per heavy atom. The Labute approximate surface area is 394 Å². The average Bonchev–Trinajstić information content (AvgIpc) is 3.41. The predicted molar refractivity (Wildman–Crippen MR) is 279 cm³/mol. The van der Waals surface area contributed by atoms with Crippen molar-refractivity contribution in [1.29, 1.82) is 0 Å². The van der Waals surface area contributed by atoms with E-state index in [0.717, 1.165) is 80.1 Å². The van der Waals surface area contributed by atoms with E-state index in [1.165, 1.54) is 41.5 Å². The highest BCUT2D eigenvalue weighted by molar-refractivity contribution is 5.78. The minimum atomic E-state index is -0.112. The van der Waals surface area contributed by atoms with Crippen LogP contribution in [0.15, 0.2) is 231 Å². The van der Waals surface area contributed by atoms with Gasteiger partial charge in [-0.3, -0.25) is 0 Å². The van der Waals surface area contributed by atoms with Gasteiger partial charge in [-0.05, 0) is 65.3 Å². The SMILES string of the molecule is C=C/C=C(\C=C/C)c1ccc(-c2cc(-c3ccccc3)nc(-c3ccc(C4(c5ccc(-c6nc(-c7ccccc7)cc(-c7ccc(-c8ccccc8)cc7)n6)cc5)CCCCC4)cc3)n2)cc1. The summed E-state index contributed by atoms with van der Waals surface area (Å²) in [6.45, 7) is 5.94. The first kappa shape index (κ1) is 42.8. The molecule has 0 amide bonds. The molecule has 0 saturated heterocycles. The Morgan fingerprint density at radius 2 is 0.776 bits per heavy atom. The number of allylic oxidation sites excluding steroid dienone is 5. The van der Waals surface area contributed by atoms with Crippen molar-refractivity contribution in [2.24, 2.45) is 0 Å². The maximum absolute atomic E-state index is 5.20. The number of rotatable bonds is 12. The van der Waals surface area contributed by atoms with E-state index in [2.05, 4.69) is 195 Å². The number of hydrogen-bond acceptors (Lipinski definition) is 4. The normalized spacial score (nSPS) is 13.7. The maximum Gasteiger partial charge on any atom is 0.160 e. The van der Waals surface area contributed by atoms with E-state index in [9.17, 15) is 0 Å². The van der Waals surface area contributed by atoms with Gasteiger partial charge in [0.1, 0.15) is 0 Å². The summed E-state index contributed by atoms with van der Waals surface area (Å²) in [6, 6.07) is 70.9. The molecule has 1 fully saturated rings. The second kappa shape index (κ2) is 19.6. The number of hydrogen-bond donors (Lipinski definition) is 0. The van der Waals surface area contributed by atoms with Crippen LogP contribution in [0.5, 0.6) is 0 Å².